The quantitative estimate of drug-likeness (QED) is 0.162. The summed E-state index contributed by atoms with van der Waals surface area (Å²) in [7, 11) is 0. The molecule has 0 aliphatic carbocycles. The molecule has 0 saturated carbocycles. The Morgan fingerprint density at radius 2 is 0.882 bits per heavy atom. The van der Waals surface area contributed by atoms with Crippen LogP contribution in [0, 0.1) is 59.4 Å². The molecular formula is C62H42N4S2. The van der Waals surface area contributed by atoms with Crippen LogP contribution in [0.4, 0.5) is 5.69 Å². The van der Waals surface area contributed by atoms with Crippen LogP contribution in [0.1, 0.15) is 38.9 Å². The minimum Gasteiger partial charge on any atom is -0.317 e. The predicted octanol–water partition coefficient (Wildman–Crippen LogP) is 18.2. The van der Waals surface area contributed by atoms with E-state index in [-0.39, 0.29) is 0 Å². The zero-order chi connectivity index (χ0) is 46.3. The molecule has 0 saturated heterocycles. The van der Waals surface area contributed by atoms with E-state index in [2.05, 4.69) is 207 Å². The molecule has 0 amide bonds. The summed E-state index contributed by atoms with van der Waals surface area (Å²) in [5.41, 5.74) is 16.8. The number of fused-ring (bicyclic) bond motifs is 14. The van der Waals surface area contributed by atoms with Crippen molar-refractivity contribution in [1.82, 2.24) is 9.13 Å². The first-order chi connectivity index (χ1) is 33.1. The van der Waals surface area contributed by atoms with Crippen LogP contribution in [0.2, 0.25) is 0 Å². The average molecular weight is 907 g/mol. The highest BCUT2D eigenvalue weighted by molar-refractivity contribution is 7.27. The van der Waals surface area contributed by atoms with Crippen LogP contribution in [-0.2, 0) is 0 Å². The molecule has 4 aromatic heterocycles. The Kier molecular flexibility index (Phi) is 8.74. The number of hydrogen-bond acceptors (Lipinski definition) is 3. The minimum atomic E-state index is 0.444. The Bertz CT molecular complexity index is 4200. The van der Waals surface area contributed by atoms with E-state index in [9.17, 15) is 11.8 Å². The van der Waals surface area contributed by atoms with Crippen LogP contribution in [0.5, 0.6) is 0 Å². The summed E-state index contributed by atoms with van der Waals surface area (Å²) in [6, 6.07) is 55.7. The highest BCUT2D eigenvalue weighted by Crippen LogP contribution is 2.54. The maximum Gasteiger partial charge on any atom is 0.220 e. The molecule has 68 heavy (non-hydrogen) atoms. The first kappa shape index (κ1) is 40.3. The monoisotopic (exact) mass is 906 g/mol. The van der Waals surface area contributed by atoms with Gasteiger partial charge in [-0.25, -0.2) is 4.85 Å². The molecule has 0 aliphatic rings. The fourth-order valence-electron chi connectivity index (χ4n) is 10.9. The molecule has 0 aliphatic heterocycles. The van der Waals surface area contributed by atoms with E-state index in [1.54, 1.807) is 11.3 Å². The second-order valence-electron chi connectivity index (χ2n) is 18.6. The topological polar surface area (TPSA) is 38.0 Å². The van der Waals surface area contributed by atoms with Gasteiger partial charge in [-0.2, -0.15) is 5.26 Å². The van der Waals surface area contributed by atoms with Gasteiger partial charge in [0, 0.05) is 63.6 Å². The van der Waals surface area contributed by atoms with E-state index >= 15 is 0 Å². The van der Waals surface area contributed by atoms with Gasteiger partial charge < -0.3 is 9.13 Å². The lowest BCUT2D eigenvalue weighted by Gasteiger charge is -2.26. The molecule has 13 rings (SSSR count). The molecule has 6 heteroatoms. The maximum atomic E-state index is 12.1. The zero-order valence-corrected chi connectivity index (χ0v) is 40.1. The lowest BCUT2D eigenvalue weighted by atomic mass is 9.88. The first-order valence-corrected chi connectivity index (χ1v) is 24.6. The number of aromatic nitrogens is 2. The third kappa shape index (κ3) is 5.57. The van der Waals surface area contributed by atoms with Gasteiger partial charge in [0.2, 0.25) is 5.69 Å². The summed E-state index contributed by atoms with van der Waals surface area (Å²) in [6.45, 7) is 22.4. The maximum absolute atomic E-state index is 12.1. The highest BCUT2D eigenvalue weighted by Gasteiger charge is 2.33. The van der Waals surface area contributed by atoms with Gasteiger partial charge in [-0.1, -0.05) is 120 Å². The summed E-state index contributed by atoms with van der Waals surface area (Å²) < 4.78 is 9.59. The van der Waals surface area contributed by atoms with Gasteiger partial charge >= 0.3 is 0 Å². The fraction of sp³-hybridized carbons (Fsp3) is 0.0968. The zero-order valence-electron chi connectivity index (χ0n) is 38.5. The fourth-order valence-corrected chi connectivity index (χ4v) is 13.4. The average Bonchev–Trinajstić information content (AvgIpc) is 4.09. The normalized spacial score (nSPS) is 11.9. The highest BCUT2D eigenvalue weighted by atomic mass is 32.1. The van der Waals surface area contributed by atoms with Crippen LogP contribution in [0.25, 0.3) is 122 Å². The predicted molar refractivity (Wildman–Crippen MR) is 291 cm³/mol. The Labute approximate surface area is 401 Å². The Morgan fingerprint density at radius 3 is 1.35 bits per heavy atom. The molecular weight excluding hydrogens is 865 g/mol. The van der Waals surface area contributed by atoms with Crippen molar-refractivity contribution in [2.24, 2.45) is 0 Å². The summed E-state index contributed by atoms with van der Waals surface area (Å²) in [4.78, 5) is 4.64. The standard InChI is InChI=1S/C62H42N4S2/c1-33-16-20-39(21-17-33)54-49(32-63)57(65-50-30-37(5)35(3)28-47(50)43-24-26-45-41-12-8-10-14-52(41)67-61(45)58(43)65)55(40-22-18-34(2)19-23-40)60(56(54)64-7)66-51-31-38(6)36(4)29-48(51)44-25-27-46-42-13-9-11-15-53(42)68-62(46)59(44)66/h8-31H,1-6H3. The molecule has 4 heterocycles. The third-order valence-electron chi connectivity index (χ3n) is 14.5. The lowest BCUT2D eigenvalue weighted by molar-refractivity contribution is 1.14. The van der Waals surface area contributed by atoms with Gasteiger partial charge in [0.25, 0.3) is 0 Å². The van der Waals surface area contributed by atoms with E-state index in [4.69, 9.17) is 0 Å². The summed E-state index contributed by atoms with van der Waals surface area (Å²) >= 11 is 3.61. The van der Waals surface area contributed by atoms with Crippen molar-refractivity contribution >= 4 is 112 Å². The summed E-state index contributed by atoms with van der Waals surface area (Å²) in [5, 5.41) is 21.4. The molecule has 13 aromatic rings. The largest absolute Gasteiger partial charge is 0.317 e. The molecule has 0 radical (unpaired) electrons. The van der Waals surface area contributed by atoms with Gasteiger partial charge in [-0.05, 0) is 111 Å². The van der Waals surface area contributed by atoms with Crippen molar-refractivity contribution in [3.05, 3.63) is 196 Å². The Hall–Kier alpha value is -8.00. The molecule has 0 bridgehead atoms. The van der Waals surface area contributed by atoms with Crippen molar-refractivity contribution < 1.29 is 0 Å². The lowest BCUT2D eigenvalue weighted by Crippen LogP contribution is -2.09. The van der Waals surface area contributed by atoms with E-state index in [1.165, 1.54) is 57.9 Å². The molecule has 4 nitrogen and oxygen atoms in total. The van der Waals surface area contributed by atoms with Crippen molar-refractivity contribution in [3.63, 3.8) is 0 Å². The SMILES string of the molecule is [C-]#[N+]c1c(-c2ccc(C)cc2)c(C#N)c(-n2c3cc(C)c(C)cc3c3ccc4c5ccccc5sc4c32)c(-c2ccc(C)cc2)c1-n1c2cc(C)c(C)cc2c2ccc3c4ccccc4sc3c21. The van der Waals surface area contributed by atoms with Crippen LogP contribution >= 0.6 is 22.7 Å². The summed E-state index contributed by atoms with van der Waals surface area (Å²) in [6.07, 6.45) is 0. The van der Waals surface area contributed by atoms with Crippen LogP contribution in [0.15, 0.2) is 146 Å². The first-order valence-electron chi connectivity index (χ1n) is 23.0. The molecule has 0 unspecified atom stereocenters. The number of nitrogens with zero attached hydrogens (tertiary/aromatic N) is 4. The van der Waals surface area contributed by atoms with Gasteiger partial charge in [0.05, 0.1) is 55.0 Å². The molecule has 0 N–H and O–H groups in total. The third-order valence-corrected chi connectivity index (χ3v) is 16.9. The van der Waals surface area contributed by atoms with Crippen molar-refractivity contribution in [2.75, 3.05) is 0 Å². The number of rotatable bonds is 4. The smallest absolute Gasteiger partial charge is 0.220 e. The molecule has 322 valence electrons. The van der Waals surface area contributed by atoms with E-state index < -0.39 is 0 Å². The number of aryl methyl sites for hydroxylation is 6. The van der Waals surface area contributed by atoms with Crippen molar-refractivity contribution in [1.29, 1.82) is 5.26 Å². The van der Waals surface area contributed by atoms with Crippen LogP contribution in [0.3, 0.4) is 0 Å². The Morgan fingerprint density at radius 1 is 0.456 bits per heavy atom. The van der Waals surface area contributed by atoms with Gasteiger partial charge in [-0.3, -0.25) is 0 Å². The van der Waals surface area contributed by atoms with Gasteiger partial charge in [-0.15, -0.1) is 22.7 Å². The summed E-state index contributed by atoms with van der Waals surface area (Å²) in [5.74, 6) is 0. The Balaban J connectivity index is 1.36. The molecule has 0 spiro atoms. The second-order valence-corrected chi connectivity index (χ2v) is 20.7. The number of hydrogen-bond donors (Lipinski definition) is 0. The van der Waals surface area contributed by atoms with Crippen LogP contribution in [-0.4, -0.2) is 9.13 Å². The second kappa shape index (κ2) is 14.8. The number of benzene rings is 9. The number of nitriles is 1. The molecule has 0 fully saturated rings. The van der Waals surface area contributed by atoms with E-state index in [1.807, 2.05) is 11.3 Å². The van der Waals surface area contributed by atoms with E-state index in [0.717, 1.165) is 87.5 Å². The molecule has 9 aromatic carbocycles. The van der Waals surface area contributed by atoms with Gasteiger partial charge in [0.1, 0.15) is 6.07 Å². The van der Waals surface area contributed by atoms with Gasteiger partial charge in [0.15, 0.2) is 0 Å². The minimum absolute atomic E-state index is 0.444. The van der Waals surface area contributed by atoms with Crippen LogP contribution < -0.4 is 0 Å². The van der Waals surface area contributed by atoms with Crippen molar-refractivity contribution in [3.8, 4) is 39.7 Å². The molecule has 0 atom stereocenters. The van der Waals surface area contributed by atoms with Crippen molar-refractivity contribution in [2.45, 2.75) is 41.5 Å². The van der Waals surface area contributed by atoms with E-state index in [0.29, 0.717) is 16.8 Å². The number of thiophene rings is 2.